The second kappa shape index (κ2) is 11.7. The van der Waals surface area contributed by atoms with E-state index >= 15 is 0 Å². The number of aromatic nitrogens is 2. The number of pyridine rings is 2. The Morgan fingerprint density at radius 2 is 1.91 bits per heavy atom. The molecule has 188 valence electrons. The van der Waals surface area contributed by atoms with E-state index in [1.165, 1.54) is 32.1 Å². The van der Waals surface area contributed by atoms with Crippen molar-refractivity contribution in [2.45, 2.75) is 62.9 Å². The number of hydrogen-bond donors (Lipinski definition) is 2. The number of halogens is 1. The number of aliphatic hydroxyl groups is 2. The van der Waals surface area contributed by atoms with Crippen molar-refractivity contribution in [3.63, 3.8) is 0 Å². The van der Waals surface area contributed by atoms with E-state index < -0.39 is 6.10 Å². The number of aliphatic hydroxyl groups excluding tert-OH is 2. The molecule has 7 heteroatoms. The smallest absolute Gasteiger partial charge is 0.250 e. The fraction of sp³-hybridized carbons (Fsp3) is 0.500. The lowest BCUT2D eigenvalue weighted by molar-refractivity contribution is 0.0779. The zero-order chi connectivity index (χ0) is 24.9. The van der Waals surface area contributed by atoms with Gasteiger partial charge >= 0.3 is 0 Å². The highest BCUT2D eigenvalue weighted by molar-refractivity contribution is 9.10. The van der Waals surface area contributed by atoms with E-state index in [2.05, 4.69) is 28.1 Å². The Labute approximate surface area is 215 Å². The average molecular weight is 544 g/mol. The van der Waals surface area contributed by atoms with Gasteiger partial charge in [-0.2, -0.15) is 0 Å². The molecule has 1 fully saturated rings. The van der Waals surface area contributed by atoms with Crippen molar-refractivity contribution in [2.24, 2.45) is 13.0 Å². The van der Waals surface area contributed by atoms with E-state index in [9.17, 15) is 15.0 Å². The maximum atomic E-state index is 12.6. The van der Waals surface area contributed by atoms with Crippen LogP contribution in [0.1, 0.15) is 67.9 Å². The lowest BCUT2D eigenvalue weighted by atomic mass is 9.72. The van der Waals surface area contributed by atoms with Crippen LogP contribution in [-0.2, 0) is 7.05 Å². The van der Waals surface area contributed by atoms with Crippen molar-refractivity contribution in [2.75, 3.05) is 13.7 Å². The molecule has 2 heterocycles. The lowest BCUT2D eigenvalue weighted by Crippen LogP contribution is -2.25. The van der Waals surface area contributed by atoms with Gasteiger partial charge in [0.05, 0.1) is 25.3 Å². The van der Waals surface area contributed by atoms with Crippen molar-refractivity contribution < 1.29 is 14.9 Å². The zero-order valence-electron chi connectivity index (χ0n) is 20.5. The molecule has 2 aromatic heterocycles. The third-order valence-electron chi connectivity index (χ3n) is 7.45. The number of ether oxygens (including phenoxy) is 1. The molecule has 0 radical (unpaired) electrons. The Kier molecular flexibility index (Phi) is 8.63. The fourth-order valence-corrected chi connectivity index (χ4v) is 5.94. The first kappa shape index (κ1) is 25.9. The minimum atomic E-state index is -0.883. The molecule has 0 aliphatic heterocycles. The summed E-state index contributed by atoms with van der Waals surface area (Å²) in [5.41, 5.74) is 2.62. The van der Waals surface area contributed by atoms with Gasteiger partial charge in [0.25, 0.3) is 5.56 Å². The van der Waals surface area contributed by atoms with Crippen molar-refractivity contribution in [1.82, 2.24) is 9.55 Å². The van der Waals surface area contributed by atoms with Gasteiger partial charge in [0, 0.05) is 34.7 Å². The van der Waals surface area contributed by atoms with Crippen LogP contribution >= 0.6 is 15.9 Å². The van der Waals surface area contributed by atoms with E-state index in [1.807, 2.05) is 18.2 Å². The minimum absolute atomic E-state index is 0.0303. The third-order valence-corrected chi connectivity index (χ3v) is 7.95. The first-order valence-corrected chi connectivity index (χ1v) is 13.3. The van der Waals surface area contributed by atoms with Crippen LogP contribution < -0.4 is 10.3 Å². The number of nitrogens with zero attached hydrogens (tertiary/aromatic N) is 2. The first-order valence-electron chi connectivity index (χ1n) is 12.5. The second-order valence-electron chi connectivity index (χ2n) is 9.86. The monoisotopic (exact) mass is 542 g/mol. The van der Waals surface area contributed by atoms with Crippen LogP contribution in [0.4, 0.5) is 0 Å². The topological polar surface area (TPSA) is 84.6 Å². The fourth-order valence-electron chi connectivity index (χ4n) is 5.56. The highest BCUT2D eigenvalue weighted by Crippen LogP contribution is 2.46. The predicted molar refractivity (Wildman–Crippen MR) is 142 cm³/mol. The number of fused-ring (bicyclic) bond motifs is 1. The second-order valence-corrected chi connectivity index (χ2v) is 10.8. The molecule has 1 aliphatic rings. The van der Waals surface area contributed by atoms with Crippen LogP contribution in [0.15, 0.2) is 51.9 Å². The van der Waals surface area contributed by atoms with Crippen molar-refractivity contribution >= 4 is 26.8 Å². The number of aryl methyl sites for hydroxylation is 1. The summed E-state index contributed by atoms with van der Waals surface area (Å²) >= 11 is 3.57. The summed E-state index contributed by atoms with van der Waals surface area (Å²) < 4.78 is 8.34. The number of rotatable bonds is 9. The summed E-state index contributed by atoms with van der Waals surface area (Å²) in [5.74, 6) is 0.926. The highest BCUT2D eigenvalue weighted by atomic mass is 79.9. The molecule has 0 amide bonds. The van der Waals surface area contributed by atoms with Crippen molar-refractivity contribution in [1.29, 1.82) is 0 Å². The minimum Gasteiger partial charge on any atom is -0.481 e. The van der Waals surface area contributed by atoms with E-state index in [0.717, 1.165) is 32.9 Å². The summed E-state index contributed by atoms with van der Waals surface area (Å²) in [7, 11) is 3.38. The van der Waals surface area contributed by atoms with E-state index in [1.54, 1.807) is 31.0 Å². The Hall–Kier alpha value is -2.22. The molecule has 3 atom stereocenters. The van der Waals surface area contributed by atoms with Crippen LogP contribution in [0.25, 0.3) is 10.9 Å². The van der Waals surface area contributed by atoms with Gasteiger partial charge in [-0.05, 0) is 66.5 Å². The van der Waals surface area contributed by atoms with Crippen molar-refractivity contribution in [3.05, 3.63) is 68.5 Å². The predicted octanol–water partition coefficient (Wildman–Crippen LogP) is 5.29. The molecule has 2 N–H and O–H groups in total. The van der Waals surface area contributed by atoms with Crippen LogP contribution in [0.3, 0.4) is 0 Å². The Bertz CT molecular complexity index is 1210. The maximum absolute atomic E-state index is 12.6. The molecule has 0 saturated heterocycles. The molecule has 1 aliphatic carbocycles. The van der Waals surface area contributed by atoms with Gasteiger partial charge in [0.1, 0.15) is 0 Å². The Morgan fingerprint density at radius 1 is 1.14 bits per heavy atom. The van der Waals surface area contributed by atoms with Crippen LogP contribution in [0, 0.1) is 5.92 Å². The summed E-state index contributed by atoms with van der Waals surface area (Å²) in [6, 6.07) is 11.8. The molecule has 35 heavy (non-hydrogen) atoms. The van der Waals surface area contributed by atoms with Crippen LogP contribution in [0.2, 0.25) is 0 Å². The largest absolute Gasteiger partial charge is 0.481 e. The normalized spacial score (nSPS) is 17.3. The van der Waals surface area contributed by atoms with Gasteiger partial charge in [-0.1, -0.05) is 48.0 Å². The molecule has 3 unspecified atom stereocenters. The molecule has 3 aromatic rings. The van der Waals surface area contributed by atoms with E-state index in [4.69, 9.17) is 9.72 Å². The molecule has 1 saturated carbocycles. The molecule has 0 bridgehead atoms. The molecular weight excluding hydrogens is 508 g/mol. The summed E-state index contributed by atoms with van der Waals surface area (Å²) in [5, 5.41) is 21.3. The van der Waals surface area contributed by atoms with Gasteiger partial charge in [0.2, 0.25) is 5.88 Å². The number of methoxy groups -OCH3 is 1. The average Bonchev–Trinajstić information content (AvgIpc) is 2.87. The summed E-state index contributed by atoms with van der Waals surface area (Å²) in [4.78, 5) is 17.4. The molecular formula is C28H35BrN2O4. The molecule has 1 aromatic carbocycles. The van der Waals surface area contributed by atoms with Gasteiger partial charge in [-0.15, -0.1) is 0 Å². The molecule has 0 spiro atoms. The van der Waals surface area contributed by atoms with Crippen LogP contribution in [-0.4, -0.2) is 39.6 Å². The quantitative estimate of drug-likeness (QED) is 0.384. The van der Waals surface area contributed by atoms with Crippen molar-refractivity contribution in [3.8, 4) is 5.88 Å². The van der Waals surface area contributed by atoms with E-state index in [-0.39, 0.29) is 24.0 Å². The maximum Gasteiger partial charge on any atom is 0.250 e. The molecule has 6 nitrogen and oxygen atoms in total. The molecule has 4 rings (SSSR count). The summed E-state index contributed by atoms with van der Waals surface area (Å²) in [6.45, 7) is -0.322. The van der Waals surface area contributed by atoms with Crippen LogP contribution in [0.5, 0.6) is 5.88 Å². The van der Waals surface area contributed by atoms with Gasteiger partial charge in [-0.3, -0.25) is 4.79 Å². The highest BCUT2D eigenvalue weighted by Gasteiger charge is 2.33. The van der Waals surface area contributed by atoms with Gasteiger partial charge in [-0.25, -0.2) is 4.98 Å². The number of benzene rings is 1. The standard InChI is InChI=1S/C28H35BrN2O4/c1-31-11-10-19(15-27(31)34)23(16-22(33)17-32)24(12-18-6-4-3-5-7-18)25-14-20-13-21(29)8-9-26(20)30-28(25)35-2/h8-11,13-15,18,22-24,32-33H,3-7,12,16-17H2,1-2H3. The summed E-state index contributed by atoms with van der Waals surface area (Å²) in [6.07, 6.45) is 8.25. The lowest BCUT2D eigenvalue weighted by Gasteiger charge is -2.34. The zero-order valence-corrected chi connectivity index (χ0v) is 22.1. The number of hydrogen-bond acceptors (Lipinski definition) is 5. The third kappa shape index (κ3) is 6.13. The van der Waals surface area contributed by atoms with Gasteiger partial charge in [0.15, 0.2) is 0 Å². The Balaban J connectivity index is 1.88. The first-order chi connectivity index (χ1) is 16.9. The Morgan fingerprint density at radius 3 is 2.60 bits per heavy atom. The van der Waals surface area contributed by atoms with Gasteiger partial charge < -0.3 is 19.5 Å². The SMILES string of the molecule is COc1nc2ccc(Br)cc2cc1C(CC1CCCCC1)C(CC(O)CO)c1ccn(C)c(=O)c1. The van der Waals surface area contributed by atoms with E-state index in [0.29, 0.717) is 18.2 Å².